The molecule has 3 rings (SSSR count). The van der Waals surface area contributed by atoms with E-state index >= 15 is 0 Å². The number of halogens is 5. The Kier molecular flexibility index (Phi) is 6.45. The lowest BCUT2D eigenvalue weighted by Gasteiger charge is -2.22. The molecule has 2 aromatic heterocycles. The van der Waals surface area contributed by atoms with Gasteiger partial charge < -0.3 is 15.4 Å². The Balaban J connectivity index is 1.66. The molecular formula is C17H17F5N6O4. The molecule has 3 N–H and O–H groups in total. The van der Waals surface area contributed by atoms with Crippen LogP contribution in [0.5, 0.6) is 5.75 Å². The summed E-state index contributed by atoms with van der Waals surface area (Å²) in [5.41, 5.74) is 0.200. The van der Waals surface area contributed by atoms with Crippen molar-refractivity contribution in [2.45, 2.75) is 30.9 Å². The number of aromatic nitrogens is 3. The topological polar surface area (TPSA) is 127 Å². The average molecular weight is 464 g/mol. The molecule has 32 heavy (non-hydrogen) atoms. The smallest absolute Gasteiger partial charge is 0.405 e. The van der Waals surface area contributed by atoms with Crippen LogP contribution in [0.1, 0.15) is 24.5 Å². The SMILES string of the molecule is O=C(CCC(F)(F)COc1cc(C2CNC(=O)NC2=O)nn2ccnc12)NCC(F)(F)F. The molecule has 3 heterocycles. The number of imidazole rings is 1. The van der Waals surface area contributed by atoms with Crippen molar-refractivity contribution < 1.29 is 41.1 Å². The molecule has 174 valence electrons. The molecular weight excluding hydrogens is 447 g/mol. The third-order valence-electron chi connectivity index (χ3n) is 4.36. The molecule has 0 bridgehead atoms. The molecule has 0 aliphatic carbocycles. The minimum atomic E-state index is -4.64. The number of hydrogen-bond acceptors (Lipinski definition) is 6. The van der Waals surface area contributed by atoms with E-state index in [0.717, 1.165) is 0 Å². The zero-order chi connectivity index (χ0) is 23.5. The summed E-state index contributed by atoms with van der Waals surface area (Å²) in [7, 11) is 0. The highest BCUT2D eigenvalue weighted by atomic mass is 19.4. The van der Waals surface area contributed by atoms with E-state index in [9.17, 15) is 36.3 Å². The molecule has 1 aliphatic rings. The van der Waals surface area contributed by atoms with Gasteiger partial charge in [-0.2, -0.15) is 18.3 Å². The molecule has 0 spiro atoms. The van der Waals surface area contributed by atoms with Crippen LogP contribution in [-0.2, 0) is 9.59 Å². The molecule has 15 heteroatoms. The van der Waals surface area contributed by atoms with Gasteiger partial charge in [-0.25, -0.2) is 23.1 Å². The largest absolute Gasteiger partial charge is 0.483 e. The predicted octanol–water partition coefficient (Wildman–Crippen LogP) is 1.13. The first-order valence-electron chi connectivity index (χ1n) is 9.20. The summed E-state index contributed by atoms with van der Waals surface area (Å²) in [5, 5.41) is 10.2. The predicted molar refractivity (Wildman–Crippen MR) is 96.0 cm³/mol. The van der Waals surface area contributed by atoms with Crippen molar-refractivity contribution in [3.05, 3.63) is 24.2 Å². The summed E-state index contributed by atoms with van der Waals surface area (Å²) >= 11 is 0. The van der Waals surface area contributed by atoms with Crippen LogP contribution >= 0.6 is 0 Å². The zero-order valence-electron chi connectivity index (χ0n) is 16.2. The van der Waals surface area contributed by atoms with Crippen LogP contribution in [0.25, 0.3) is 5.65 Å². The number of nitrogens with zero attached hydrogens (tertiary/aromatic N) is 3. The van der Waals surface area contributed by atoms with Gasteiger partial charge in [-0.05, 0) is 0 Å². The normalized spacial score (nSPS) is 17.1. The maximum atomic E-state index is 14.1. The highest BCUT2D eigenvalue weighted by Gasteiger charge is 2.34. The minimum Gasteiger partial charge on any atom is -0.483 e. The summed E-state index contributed by atoms with van der Waals surface area (Å²) in [5.74, 6) is -6.39. The number of fused-ring (bicyclic) bond motifs is 1. The summed E-state index contributed by atoms with van der Waals surface area (Å²) in [6.45, 7) is -2.87. The monoisotopic (exact) mass is 464 g/mol. The number of rotatable bonds is 8. The molecule has 0 saturated carbocycles. The van der Waals surface area contributed by atoms with Crippen LogP contribution in [0.3, 0.4) is 0 Å². The quantitative estimate of drug-likeness (QED) is 0.503. The second-order valence-electron chi connectivity index (χ2n) is 6.92. The van der Waals surface area contributed by atoms with Crippen molar-refractivity contribution in [2.24, 2.45) is 0 Å². The van der Waals surface area contributed by atoms with E-state index in [2.05, 4.69) is 20.7 Å². The van der Waals surface area contributed by atoms with Crippen LogP contribution in [0.15, 0.2) is 18.5 Å². The van der Waals surface area contributed by atoms with Gasteiger partial charge in [0.25, 0.3) is 5.92 Å². The fourth-order valence-corrected chi connectivity index (χ4v) is 2.79. The fourth-order valence-electron chi connectivity index (χ4n) is 2.79. The molecule has 1 fully saturated rings. The Labute approximate surface area is 176 Å². The molecule has 0 aromatic carbocycles. The first kappa shape index (κ1) is 23.1. The van der Waals surface area contributed by atoms with E-state index in [1.165, 1.54) is 28.3 Å². The van der Waals surface area contributed by atoms with E-state index in [1.807, 2.05) is 0 Å². The number of nitrogens with one attached hydrogen (secondary N) is 3. The van der Waals surface area contributed by atoms with Crippen molar-refractivity contribution in [1.29, 1.82) is 0 Å². The number of amides is 4. The number of carbonyl (C=O) groups excluding carboxylic acids is 3. The van der Waals surface area contributed by atoms with Crippen molar-refractivity contribution in [1.82, 2.24) is 30.5 Å². The summed E-state index contributed by atoms with van der Waals surface area (Å²) in [6.07, 6.45) is -3.81. The highest BCUT2D eigenvalue weighted by Crippen LogP contribution is 2.27. The second-order valence-corrected chi connectivity index (χ2v) is 6.92. The Hall–Kier alpha value is -3.52. The number of imide groups is 1. The van der Waals surface area contributed by atoms with E-state index in [-0.39, 0.29) is 23.6 Å². The molecule has 1 aliphatic heterocycles. The van der Waals surface area contributed by atoms with Gasteiger partial charge in [-0.15, -0.1) is 0 Å². The van der Waals surface area contributed by atoms with Crippen LogP contribution in [0.4, 0.5) is 26.7 Å². The summed E-state index contributed by atoms with van der Waals surface area (Å²) < 4.78 is 70.9. The van der Waals surface area contributed by atoms with Crippen molar-refractivity contribution in [3.8, 4) is 5.75 Å². The van der Waals surface area contributed by atoms with Crippen LogP contribution in [0.2, 0.25) is 0 Å². The number of alkyl halides is 5. The van der Waals surface area contributed by atoms with Crippen LogP contribution in [-0.4, -0.2) is 64.2 Å². The lowest BCUT2D eigenvalue weighted by Crippen LogP contribution is -2.51. The van der Waals surface area contributed by atoms with E-state index in [0.29, 0.717) is 0 Å². The number of hydrogen-bond donors (Lipinski definition) is 3. The lowest BCUT2D eigenvalue weighted by atomic mass is 10.0. The molecule has 1 unspecified atom stereocenters. The van der Waals surface area contributed by atoms with Gasteiger partial charge in [-0.1, -0.05) is 0 Å². The van der Waals surface area contributed by atoms with Gasteiger partial charge in [0.15, 0.2) is 18.0 Å². The van der Waals surface area contributed by atoms with Crippen LogP contribution < -0.4 is 20.7 Å². The minimum absolute atomic E-state index is 0.0689. The molecule has 1 saturated heterocycles. The molecule has 0 radical (unpaired) electrons. The standard InChI is InChI=1S/C17H17F5N6O4/c18-16(19,2-1-12(29)25-7-17(20,21)22)8-32-11-5-10(27-28-4-3-23-13(11)28)9-6-24-15(31)26-14(9)30/h3-5,9H,1-2,6-8H2,(H,25,29)(H2,24,26,30,31). The van der Waals surface area contributed by atoms with E-state index in [4.69, 9.17) is 4.74 Å². The first-order chi connectivity index (χ1) is 14.9. The second kappa shape index (κ2) is 8.92. The summed E-state index contributed by atoms with van der Waals surface area (Å²) in [4.78, 5) is 38.6. The Morgan fingerprint density at radius 2 is 2.03 bits per heavy atom. The van der Waals surface area contributed by atoms with Crippen molar-refractivity contribution in [3.63, 3.8) is 0 Å². The van der Waals surface area contributed by atoms with Gasteiger partial charge in [0, 0.05) is 37.8 Å². The third-order valence-corrected chi connectivity index (χ3v) is 4.36. The van der Waals surface area contributed by atoms with Crippen molar-refractivity contribution in [2.75, 3.05) is 19.7 Å². The van der Waals surface area contributed by atoms with Gasteiger partial charge in [0.1, 0.15) is 6.54 Å². The van der Waals surface area contributed by atoms with Gasteiger partial charge >= 0.3 is 12.2 Å². The van der Waals surface area contributed by atoms with Gasteiger partial charge in [0.2, 0.25) is 11.8 Å². The van der Waals surface area contributed by atoms with E-state index in [1.54, 1.807) is 0 Å². The molecule has 1 atom stereocenters. The maximum absolute atomic E-state index is 14.1. The van der Waals surface area contributed by atoms with Crippen molar-refractivity contribution >= 4 is 23.5 Å². The summed E-state index contributed by atoms with van der Waals surface area (Å²) in [6, 6.07) is 0.557. The number of urea groups is 1. The average Bonchev–Trinajstić information content (AvgIpc) is 3.17. The Bertz CT molecular complexity index is 1020. The number of carbonyl (C=O) groups is 3. The maximum Gasteiger partial charge on any atom is 0.405 e. The third kappa shape index (κ3) is 6.01. The molecule has 10 nitrogen and oxygen atoms in total. The highest BCUT2D eigenvalue weighted by molar-refractivity contribution is 6.00. The fraction of sp³-hybridized carbons (Fsp3) is 0.471. The van der Waals surface area contributed by atoms with Gasteiger partial charge in [-0.3, -0.25) is 14.9 Å². The Morgan fingerprint density at radius 1 is 1.28 bits per heavy atom. The zero-order valence-corrected chi connectivity index (χ0v) is 16.2. The lowest BCUT2D eigenvalue weighted by molar-refractivity contribution is -0.139. The number of ether oxygens (including phenoxy) is 1. The molecule has 2 aromatic rings. The Morgan fingerprint density at radius 3 is 2.72 bits per heavy atom. The first-order valence-corrected chi connectivity index (χ1v) is 9.20. The van der Waals surface area contributed by atoms with Gasteiger partial charge in [0.05, 0.1) is 11.6 Å². The molecule has 4 amide bonds. The van der Waals surface area contributed by atoms with Crippen LogP contribution in [0, 0.1) is 0 Å². The van der Waals surface area contributed by atoms with E-state index < -0.39 is 61.9 Å².